The molecule has 0 spiro atoms. The van der Waals surface area contributed by atoms with Gasteiger partial charge in [-0.05, 0) is 59.9 Å². The predicted octanol–water partition coefficient (Wildman–Crippen LogP) is 8.32. The molecule has 36 heavy (non-hydrogen) atoms. The van der Waals surface area contributed by atoms with Crippen molar-refractivity contribution in [3.63, 3.8) is 0 Å². The Kier molecular flexibility index (Phi) is 7.94. The summed E-state index contributed by atoms with van der Waals surface area (Å²) in [6.45, 7) is 3.64. The summed E-state index contributed by atoms with van der Waals surface area (Å²) in [7, 11) is 0. The summed E-state index contributed by atoms with van der Waals surface area (Å²) in [4.78, 5) is 0. The molecule has 0 amide bonds. The highest BCUT2D eigenvalue weighted by atomic mass is 35.5. The first-order valence-electron chi connectivity index (χ1n) is 11.3. The molecule has 0 bridgehead atoms. The number of hydrogen-bond donors (Lipinski definition) is 0. The highest BCUT2D eigenvalue weighted by Gasteiger charge is 2.14. The lowest BCUT2D eigenvalue weighted by Crippen LogP contribution is -2.02. The summed E-state index contributed by atoms with van der Waals surface area (Å²) in [5, 5.41) is 0.476. The summed E-state index contributed by atoms with van der Waals surface area (Å²) in [6, 6.07) is 13.1. The molecule has 0 atom stereocenters. The minimum Gasteiger partial charge on any atom is -0.489 e. The molecule has 0 heterocycles. The average molecular weight is 517 g/mol. The Hall–Kier alpha value is -3.38. The van der Waals surface area contributed by atoms with Crippen molar-refractivity contribution in [3.05, 3.63) is 124 Å². The van der Waals surface area contributed by atoms with Crippen LogP contribution in [0.25, 0.3) is 10.8 Å². The van der Waals surface area contributed by atoms with E-state index in [1.165, 1.54) is 6.08 Å². The molecule has 0 aliphatic carbocycles. The molecular weight excluding hydrogens is 495 g/mol. The third-order valence-corrected chi connectivity index (χ3v) is 6.33. The van der Waals surface area contributed by atoms with Gasteiger partial charge in [-0.1, -0.05) is 54.6 Å². The number of benzene rings is 4. The molecule has 0 saturated carbocycles. The van der Waals surface area contributed by atoms with E-state index >= 15 is 4.39 Å². The molecule has 7 heteroatoms. The number of ether oxygens (including phenoxy) is 1. The van der Waals surface area contributed by atoms with Crippen molar-refractivity contribution in [1.82, 2.24) is 0 Å². The third kappa shape index (κ3) is 5.71. The van der Waals surface area contributed by atoms with Crippen molar-refractivity contribution in [3.8, 4) is 5.75 Å². The molecule has 0 aliphatic heterocycles. The van der Waals surface area contributed by atoms with Gasteiger partial charge in [0.1, 0.15) is 46.5 Å². The van der Waals surface area contributed by atoms with Crippen molar-refractivity contribution in [2.75, 3.05) is 6.61 Å². The maximum atomic E-state index is 15.1. The Labute approximate surface area is 210 Å². The van der Waals surface area contributed by atoms with Crippen LogP contribution in [0.4, 0.5) is 22.0 Å². The number of fused-ring (bicyclic) bond motifs is 1. The first-order valence-corrected chi connectivity index (χ1v) is 11.7. The Balaban J connectivity index is 1.47. The summed E-state index contributed by atoms with van der Waals surface area (Å²) < 4.78 is 76.5. The van der Waals surface area contributed by atoms with E-state index in [1.54, 1.807) is 30.3 Å². The van der Waals surface area contributed by atoms with Gasteiger partial charge in [-0.15, -0.1) is 0 Å². The Morgan fingerprint density at radius 1 is 0.722 bits per heavy atom. The zero-order chi connectivity index (χ0) is 25.8. The molecule has 0 fully saturated rings. The van der Waals surface area contributed by atoms with Gasteiger partial charge in [-0.25, -0.2) is 22.0 Å². The van der Waals surface area contributed by atoms with Gasteiger partial charge in [0.15, 0.2) is 0 Å². The highest BCUT2D eigenvalue weighted by Crippen LogP contribution is 2.27. The van der Waals surface area contributed by atoms with Gasteiger partial charge in [0.25, 0.3) is 0 Å². The average Bonchev–Trinajstić information content (AvgIpc) is 2.85. The van der Waals surface area contributed by atoms with Crippen molar-refractivity contribution >= 4 is 22.4 Å². The molecule has 0 aliphatic rings. The summed E-state index contributed by atoms with van der Waals surface area (Å²) in [6.07, 6.45) is 2.44. The van der Waals surface area contributed by atoms with E-state index in [1.807, 2.05) is 0 Å². The third-order valence-electron chi connectivity index (χ3n) is 5.97. The van der Waals surface area contributed by atoms with Crippen LogP contribution >= 0.6 is 11.6 Å². The SMILES string of the molecule is C=CCOc1cc(F)c(CCc2ccc3c(F)c(CCc4cc(F)c(Cl)c(F)c4)ccc3c2)c(F)c1. The molecule has 1 nitrogen and oxygen atoms in total. The number of rotatable bonds is 9. The van der Waals surface area contributed by atoms with Crippen molar-refractivity contribution in [2.24, 2.45) is 0 Å². The van der Waals surface area contributed by atoms with E-state index < -0.39 is 34.1 Å². The van der Waals surface area contributed by atoms with Gasteiger partial charge in [0, 0.05) is 23.1 Å². The lowest BCUT2D eigenvalue weighted by Gasteiger charge is -2.11. The molecule has 0 aromatic heterocycles. The monoisotopic (exact) mass is 516 g/mol. The number of hydrogen-bond acceptors (Lipinski definition) is 1. The lowest BCUT2D eigenvalue weighted by molar-refractivity contribution is 0.357. The maximum Gasteiger partial charge on any atom is 0.145 e. The fourth-order valence-electron chi connectivity index (χ4n) is 4.09. The van der Waals surface area contributed by atoms with Crippen LogP contribution in [-0.4, -0.2) is 6.61 Å². The van der Waals surface area contributed by atoms with Crippen LogP contribution in [0.2, 0.25) is 5.02 Å². The second kappa shape index (κ2) is 11.1. The van der Waals surface area contributed by atoms with Gasteiger partial charge < -0.3 is 4.74 Å². The second-order valence-electron chi connectivity index (χ2n) is 8.43. The van der Waals surface area contributed by atoms with Crippen LogP contribution in [0.1, 0.15) is 22.3 Å². The topological polar surface area (TPSA) is 9.23 Å². The first-order chi connectivity index (χ1) is 17.3. The maximum absolute atomic E-state index is 15.1. The van der Waals surface area contributed by atoms with E-state index in [-0.39, 0.29) is 37.2 Å². The van der Waals surface area contributed by atoms with Crippen LogP contribution in [-0.2, 0) is 25.7 Å². The highest BCUT2D eigenvalue weighted by molar-refractivity contribution is 6.30. The number of halogens is 6. The van der Waals surface area contributed by atoms with Crippen molar-refractivity contribution < 1.29 is 26.7 Å². The van der Waals surface area contributed by atoms with Gasteiger partial charge in [-0.3, -0.25) is 0 Å². The van der Waals surface area contributed by atoms with E-state index in [9.17, 15) is 17.6 Å². The Bertz CT molecular complexity index is 1390. The van der Waals surface area contributed by atoms with Crippen LogP contribution < -0.4 is 4.74 Å². The summed E-state index contributed by atoms with van der Waals surface area (Å²) in [5.41, 5.74) is 1.54. The van der Waals surface area contributed by atoms with Crippen LogP contribution in [0, 0.1) is 29.1 Å². The van der Waals surface area contributed by atoms with Crippen LogP contribution in [0.15, 0.2) is 67.3 Å². The molecule has 4 aromatic rings. The fourth-order valence-corrected chi connectivity index (χ4v) is 4.20. The predicted molar refractivity (Wildman–Crippen MR) is 132 cm³/mol. The van der Waals surface area contributed by atoms with E-state index in [4.69, 9.17) is 16.3 Å². The summed E-state index contributed by atoms with van der Waals surface area (Å²) in [5.74, 6) is -3.40. The normalized spacial score (nSPS) is 11.2. The molecular formula is C29H22ClF5O. The van der Waals surface area contributed by atoms with Crippen molar-refractivity contribution in [2.45, 2.75) is 25.7 Å². The smallest absolute Gasteiger partial charge is 0.145 e. The van der Waals surface area contributed by atoms with E-state index in [0.29, 0.717) is 28.3 Å². The molecule has 186 valence electrons. The molecule has 4 aromatic carbocycles. The Morgan fingerprint density at radius 2 is 1.39 bits per heavy atom. The van der Waals surface area contributed by atoms with Gasteiger partial charge in [0.2, 0.25) is 0 Å². The molecule has 0 N–H and O–H groups in total. The lowest BCUT2D eigenvalue weighted by atomic mass is 9.97. The zero-order valence-electron chi connectivity index (χ0n) is 19.2. The largest absolute Gasteiger partial charge is 0.489 e. The fraction of sp³-hybridized carbons (Fsp3) is 0.172. The van der Waals surface area contributed by atoms with Gasteiger partial charge in [0.05, 0.1) is 0 Å². The van der Waals surface area contributed by atoms with Gasteiger partial charge in [-0.2, -0.15) is 0 Å². The Morgan fingerprint density at radius 3 is 2.06 bits per heavy atom. The summed E-state index contributed by atoms with van der Waals surface area (Å²) >= 11 is 5.51. The standard InChI is InChI=1S/C29H22ClF5O/c1-2-11-36-21-15-24(31)23(25(32)16-21)10-5-17-4-9-22-20(12-17)8-7-19(29(22)35)6-3-18-13-26(33)28(30)27(34)14-18/h2,4,7-9,12-16H,1,3,5-6,10-11H2. The molecule has 0 saturated heterocycles. The quantitative estimate of drug-likeness (QED) is 0.123. The molecule has 0 radical (unpaired) electrons. The van der Waals surface area contributed by atoms with Gasteiger partial charge >= 0.3 is 0 Å². The van der Waals surface area contributed by atoms with Crippen LogP contribution in [0.5, 0.6) is 5.75 Å². The van der Waals surface area contributed by atoms with Crippen molar-refractivity contribution in [1.29, 1.82) is 0 Å². The molecule has 4 rings (SSSR count). The van der Waals surface area contributed by atoms with E-state index in [2.05, 4.69) is 6.58 Å². The molecule has 0 unspecified atom stereocenters. The zero-order valence-corrected chi connectivity index (χ0v) is 19.9. The first kappa shape index (κ1) is 25.7. The van der Waals surface area contributed by atoms with Crippen LogP contribution in [0.3, 0.4) is 0 Å². The minimum absolute atomic E-state index is 0.0438. The van der Waals surface area contributed by atoms with E-state index in [0.717, 1.165) is 29.8 Å². The minimum atomic E-state index is -0.852. The second-order valence-corrected chi connectivity index (χ2v) is 8.81. The number of aryl methyl sites for hydroxylation is 3.